The van der Waals surface area contributed by atoms with Crippen LogP contribution < -0.4 is 10.3 Å². The number of nitrogens with zero attached hydrogens (tertiary/aromatic N) is 4. The van der Waals surface area contributed by atoms with Crippen molar-refractivity contribution in [2.45, 2.75) is 70.5 Å². The van der Waals surface area contributed by atoms with Crippen molar-refractivity contribution in [1.29, 1.82) is 0 Å². The van der Waals surface area contributed by atoms with Gasteiger partial charge >= 0.3 is 12.3 Å². The molecule has 2 aliphatic rings. The van der Waals surface area contributed by atoms with Crippen LogP contribution in [0.25, 0.3) is 16.6 Å². The van der Waals surface area contributed by atoms with Crippen molar-refractivity contribution in [2.75, 3.05) is 0 Å². The lowest BCUT2D eigenvalue weighted by atomic mass is 9.97. The molecule has 11 heteroatoms. The molecule has 1 saturated heterocycles. The van der Waals surface area contributed by atoms with Gasteiger partial charge in [-0.05, 0) is 57.9 Å². The van der Waals surface area contributed by atoms with Gasteiger partial charge in [-0.25, -0.2) is 4.79 Å². The standard InChI is InChI=1S/C31H31F3N4O4/c1-30(2,3)42-29(40)38-20-7-9-23(38)28-22-8-6-19(13-24(22)36(4)25(28)14-20)37-12-11-21(15-27(37)39)41-17-18-5-10-26(35-16-18)31(32,33)34/h5-6,8,10-13,15-16,20,23H,7,9,14,17H2,1-4H3. The van der Waals surface area contributed by atoms with Gasteiger partial charge in [-0.2, -0.15) is 13.2 Å². The highest BCUT2D eigenvalue weighted by atomic mass is 19.4. The minimum atomic E-state index is -4.51. The molecule has 5 heterocycles. The molecule has 220 valence electrons. The molecule has 42 heavy (non-hydrogen) atoms. The summed E-state index contributed by atoms with van der Waals surface area (Å²) in [5, 5.41) is 1.05. The van der Waals surface area contributed by atoms with Gasteiger partial charge < -0.3 is 14.0 Å². The maximum absolute atomic E-state index is 13.1. The number of hydrogen-bond acceptors (Lipinski definition) is 5. The maximum atomic E-state index is 13.1. The number of rotatable bonds is 4. The Balaban J connectivity index is 1.24. The van der Waals surface area contributed by atoms with E-state index >= 15 is 0 Å². The minimum absolute atomic E-state index is 0.0298. The number of aromatic nitrogens is 3. The number of halogens is 3. The van der Waals surface area contributed by atoms with E-state index in [0.717, 1.165) is 48.0 Å². The molecule has 1 aromatic carbocycles. The number of carbonyl (C=O) groups excluding carboxylic acids is 1. The number of hydrogen-bond donors (Lipinski definition) is 0. The van der Waals surface area contributed by atoms with Crippen LogP contribution in [0.2, 0.25) is 0 Å². The van der Waals surface area contributed by atoms with Crippen molar-refractivity contribution in [2.24, 2.45) is 7.05 Å². The highest BCUT2D eigenvalue weighted by Gasteiger charge is 2.46. The van der Waals surface area contributed by atoms with Crippen LogP contribution in [0, 0.1) is 0 Å². The van der Waals surface area contributed by atoms with E-state index in [1.807, 2.05) is 50.9 Å². The summed E-state index contributed by atoms with van der Waals surface area (Å²) in [5.74, 6) is 0.296. The van der Waals surface area contributed by atoms with Crippen LogP contribution in [0.15, 0.2) is 59.7 Å². The number of amides is 1. The lowest BCUT2D eigenvalue weighted by molar-refractivity contribution is -0.141. The van der Waals surface area contributed by atoms with Gasteiger partial charge in [0.25, 0.3) is 5.56 Å². The summed E-state index contributed by atoms with van der Waals surface area (Å²) in [7, 11) is 2.02. The van der Waals surface area contributed by atoms with E-state index in [2.05, 4.69) is 9.55 Å². The zero-order chi connectivity index (χ0) is 30.0. The van der Waals surface area contributed by atoms with Gasteiger partial charge in [-0.3, -0.25) is 19.2 Å². The van der Waals surface area contributed by atoms with Crippen LogP contribution in [-0.2, 0) is 31.0 Å². The molecular weight excluding hydrogens is 549 g/mol. The molecule has 2 aliphatic heterocycles. The average molecular weight is 581 g/mol. The molecule has 0 saturated carbocycles. The predicted molar refractivity (Wildman–Crippen MR) is 150 cm³/mol. The summed E-state index contributed by atoms with van der Waals surface area (Å²) in [6, 6.07) is 11.1. The topological polar surface area (TPSA) is 78.6 Å². The normalized spacial score (nSPS) is 18.3. The van der Waals surface area contributed by atoms with Crippen LogP contribution in [-0.4, -0.2) is 36.8 Å². The second-order valence-electron chi connectivity index (χ2n) is 11.9. The van der Waals surface area contributed by atoms with Crippen molar-refractivity contribution >= 4 is 17.0 Å². The molecule has 4 aromatic rings. The van der Waals surface area contributed by atoms with E-state index in [1.54, 1.807) is 12.3 Å². The fourth-order valence-electron chi connectivity index (χ4n) is 6.06. The van der Waals surface area contributed by atoms with Gasteiger partial charge in [0, 0.05) is 60.2 Å². The summed E-state index contributed by atoms with van der Waals surface area (Å²) in [5.41, 5.74) is 2.58. The Hall–Kier alpha value is -4.28. The first-order valence-electron chi connectivity index (χ1n) is 13.8. The van der Waals surface area contributed by atoms with E-state index in [0.29, 0.717) is 17.0 Å². The van der Waals surface area contributed by atoms with Crippen molar-refractivity contribution in [3.05, 3.63) is 87.7 Å². The van der Waals surface area contributed by atoms with Gasteiger partial charge in [0.15, 0.2) is 0 Å². The maximum Gasteiger partial charge on any atom is 0.433 e. The lowest BCUT2D eigenvalue weighted by Crippen LogP contribution is -2.44. The number of fused-ring (bicyclic) bond motifs is 6. The molecule has 0 aliphatic carbocycles. The highest BCUT2D eigenvalue weighted by molar-refractivity contribution is 5.89. The quantitative estimate of drug-likeness (QED) is 0.282. The second kappa shape index (κ2) is 9.92. The van der Waals surface area contributed by atoms with E-state index in [9.17, 15) is 22.8 Å². The first-order valence-corrected chi connectivity index (χ1v) is 13.8. The van der Waals surface area contributed by atoms with Crippen molar-refractivity contribution in [3.63, 3.8) is 0 Å². The largest absolute Gasteiger partial charge is 0.489 e. The number of aryl methyl sites for hydroxylation is 1. The average Bonchev–Trinajstić information content (AvgIpc) is 3.38. The first-order chi connectivity index (χ1) is 19.8. The smallest absolute Gasteiger partial charge is 0.433 e. The van der Waals surface area contributed by atoms with E-state index in [4.69, 9.17) is 9.47 Å². The molecule has 8 nitrogen and oxygen atoms in total. The van der Waals surface area contributed by atoms with Crippen molar-refractivity contribution < 1.29 is 27.4 Å². The first kappa shape index (κ1) is 27.9. The predicted octanol–water partition coefficient (Wildman–Crippen LogP) is 6.32. The third-order valence-corrected chi connectivity index (χ3v) is 7.91. The van der Waals surface area contributed by atoms with Crippen LogP contribution in [0.3, 0.4) is 0 Å². The third-order valence-electron chi connectivity index (χ3n) is 7.91. The molecule has 3 aromatic heterocycles. The Morgan fingerprint density at radius 1 is 1.07 bits per heavy atom. The summed E-state index contributed by atoms with van der Waals surface area (Å²) in [6.45, 7) is 5.59. The molecule has 2 bridgehead atoms. The molecule has 2 unspecified atom stereocenters. The summed E-state index contributed by atoms with van der Waals surface area (Å²) >= 11 is 0. The number of carbonyl (C=O) groups is 1. The molecule has 0 radical (unpaired) electrons. The summed E-state index contributed by atoms with van der Waals surface area (Å²) in [6.07, 6.45) is 0.477. The number of benzene rings is 1. The summed E-state index contributed by atoms with van der Waals surface area (Å²) < 4.78 is 53.3. The summed E-state index contributed by atoms with van der Waals surface area (Å²) in [4.78, 5) is 31.5. The molecule has 0 N–H and O–H groups in total. The van der Waals surface area contributed by atoms with Crippen LogP contribution in [0.4, 0.5) is 18.0 Å². The van der Waals surface area contributed by atoms with E-state index in [-0.39, 0.29) is 30.3 Å². The third kappa shape index (κ3) is 5.01. The Morgan fingerprint density at radius 2 is 1.86 bits per heavy atom. The Labute approximate surface area is 240 Å². The monoisotopic (exact) mass is 580 g/mol. The molecule has 2 atom stereocenters. The molecule has 6 rings (SSSR count). The van der Waals surface area contributed by atoms with Crippen LogP contribution in [0.1, 0.15) is 62.2 Å². The van der Waals surface area contributed by atoms with E-state index < -0.39 is 17.5 Å². The molecule has 0 spiro atoms. The van der Waals surface area contributed by atoms with Gasteiger partial charge in [-0.1, -0.05) is 12.1 Å². The lowest BCUT2D eigenvalue weighted by Gasteiger charge is -2.36. The molecule has 1 amide bonds. The molecular formula is C31H31F3N4O4. The zero-order valence-electron chi connectivity index (χ0n) is 23.7. The van der Waals surface area contributed by atoms with Crippen molar-refractivity contribution in [3.8, 4) is 11.4 Å². The SMILES string of the molecule is Cn1c2c(c3ccc(-n4ccc(OCc5ccc(C(F)(F)F)nc5)cc4=O)cc31)C1CCC(C2)N1C(=O)OC(C)(C)C. The van der Waals surface area contributed by atoms with Crippen molar-refractivity contribution in [1.82, 2.24) is 19.0 Å². The zero-order valence-corrected chi connectivity index (χ0v) is 23.7. The fraction of sp³-hybridized carbons (Fsp3) is 0.387. The molecule has 1 fully saturated rings. The van der Waals surface area contributed by atoms with Gasteiger partial charge in [0.1, 0.15) is 23.7 Å². The minimum Gasteiger partial charge on any atom is -0.489 e. The fourth-order valence-corrected chi connectivity index (χ4v) is 6.06. The van der Waals surface area contributed by atoms with Gasteiger partial charge in [0.05, 0.1) is 17.2 Å². The van der Waals surface area contributed by atoms with Crippen LogP contribution >= 0.6 is 0 Å². The van der Waals surface area contributed by atoms with Gasteiger partial charge in [-0.15, -0.1) is 0 Å². The Morgan fingerprint density at radius 3 is 2.52 bits per heavy atom. The number of ether oxygens (including phenoxy) is 2. The number of alkyl halides is 3. The Kier molecular flexibility index (Phi) is 6.58. The van der Waals surface area contributed by atoms with Gasteiger partial charge in [0.2, 0.25) is 0 Å². The number of pyridine rings is 2. The van der Waals surface area contributed by atoms with E-state index in [1.165, 1.54) is 22.4 Å². The van der Waals surface area contributed by atoms with Crippen LogP contribution in [0.5, 0.6) is 5.75 Å². The Bertz CT molecular complexity index is 1730. The second-order valence-corrected chi connectivity index (χ2v) is 11.9. The highest BCUT2D eigenvalue weighted by Crippen LogP contribution is 2.48.